The van der Waals surface area contributed by atoms with Gasteiger partial charge in [0.15, 0.2) is 11.5 Å². The third-order valence-electron chi connectivity index (χ3n) is 4.53. The van der Waals surface area contributed by atoms with Crippen LogP contribution >= 0.6 is 0 Å². The van der Waals surface area contributed by atoms with Crippen molar-refractivity contribution in [1.82, 2.24) is 20.5 Å². The van der Waals surface area contributed by atoms with Crippen LogP contribution in [0.5, 0.6) is 0 Å². The monoisotopic (exact) mass is 325 g/mol. The molecule has 0 radical (unpaired) electrons. The van der Waals surface area contributed by atoms with Crippen LogP contribution in [0.15, 0.2) is 36.4 Å². The minimum Gasteiger partial charge on any atom is -0.364 e. The second kappa shape index (κ2) is 6.57. The van der Waals surface area contributed by atoms with Crippen LogP contribution in [0.1, 0.15) is 30.0 Å². The van der Waals surface area contributed by atoms with Crippen molar-refractivity contribution in [3.63, 3.8) is 0 Å². The molecule has 1 aliphatic rings. The highest BCUT2D eigenvalue weighted by Gasteiger charge is 2.17. The van der Waals surface area contributed by atoms with Gasteiger partial charge in [0.2, 0.25) is 0 Å². The second-order valence-electron chi connectivity index (χ2n) is 6.23. The van der Waals surface area contributed by atoms with Gasteiger partial charge in [-0.2, -0.15) is 5.10 Å². The average Bonchev–Trinajstić information content (AvgIpc) is 3.04. The molecule has 1 aliphatic heterocycles. The number of fused-ring (bicyclic) bond motifs is 1. The number of aromatic nitrogens is 3. The largest absolute Gasteiger partial charge is 0.364 e. The Labute approximate surface area is 139 Å². The van der Waals surface area contributed by atoms with E-state index >= 15 is 0 Å². The van der Waals surface area contributed by atoms with E-state index in [1.807, 2.05) is 0 Å². The Balaban J connectivity index is 1.51. The van der Waals surface area contributed by atoms with Crippen molar-refractivity contribution >= 4 is 16.9 Å². The topological polar surface area (TPSA) is 65.6 Å². The number of halogens is 1. The fourth-order valence-corrected chi connectivity index (χ4v) is 3.17. The van der Waals surface area contributed by atoms with Crippen LogP contribution in [0.3, 0.4) is 0 Å². The molecule has 3 N–H and O–H groups in total. The Bertz CT molecular complexity index is 821. The standard InChI is InChI=1S/C18H20FN5/c19-14-5-3-12(4-6-14)10-21-17-15-7-8-16(22-18(15)24-23-17)13-2-1-9-20-11-13/h3-8,13,20H,1-2,9-11H2,(H2,21,22,23,24)/t13-/m0/s1. The third kappa shape index (κ3) is 3.10. The Hall–Kier alpha value is -2.47. The summed E-state index contributed by atoms with van der Waals surface area (Å²) in [6.45, 7) is 2.68. The molecule has 3 aromatic rings. The van der Waals surface area contributed by atoms with Gasteiger partial charge in [-0.05, 0) is 49.2 Å². The van der Waals surface area contributed by atoms with Gasteiger partial charge in [-0.15, -0.1) is 0 Å². The maximum atomic E-state index is 12.9. The molecule has 5 nitrogen and oxygen atoms in total. The zero-order chi connectivity index (χ0) is 16.4. The summed E-state index contributed by atoms with van der Waals surface area (Å²) in [5, 5.41) is 15.0. The predicted molar refractivity (Wildman–Crippen MR) is 92.5 cm³/mol. The molecule has 6 heteroatoms. The van der Waals surface area contributed by atoms with Crippen molar-refractivity contribution in [2.45, 2.75) is 25.3 Å². The molecule has 0 aliphatic carbocycles. The number of benzene rings is 1. The molecule has 4 rings (SSSR count). The third-order valence-corrected chi connectivity index (χ3v) is 4.53. The van der Waals surface area contributed by atoms with Crippen molar-refractivity contribution in [2.24, 2.45) is 0 Å². The van der Waals surface area contributed by atoms with Crippen molar-refractivity contribution in [3.8, 4) is 0 Å². The molecule has 2 aromatic heterocycles. The highest BCUT2D eigenvalue weighted by molar-refractivity contribution is 5.87. The van der Waals surface area contributed by atoms with E-state index in [1.54, 1.807) is 12.1 Å². The van der Waals surface area contributed by atoms with Crippen molar-refractivity contribution in [3.05, 3.63) is 53.5 Å². The fourth-order valence-electron chi connectivity index (χ4n) is 3.17. The molecule has 0 spiro atoms. The Morgan fingerprint density at radius 3 is 2.83 bits per heavy atom. The SMILES string of the molecule is Fc1ccc(CNc2n[nH]c3nc([C@H]4CCCNC4)ccc23)cc1. The van der Waals surface area contributed by atoms with E-state index in [-0.39, 0.29) is 5.82 Å². The molecule has 0 bridgehead atoms. The molecule has 0 saturated carbocycles. The van der Waals surface area contributed by atoms with Gasteiger partial charge in [0.1, 0.15) is 5.82 Å². The van der Waals surface area contributed by atoms with Crippen molar-refractivity contribution in [2.75, 3.05) is 18.4 Å². The number of aromatic amines is 1. The first-order chi connectivity index (χ1) is 11.8. The molecule has 0 unspecified atom stereocenters. The highest BCUT2D eigenvalue weighted by Crippen LogP contribution is 2.26. The van der Waals surface area contributed by atoms with Crippen LogP contribution in [0.2, 0.25) is 0 Å². The van der Waals surface area contributed by atoms with E-state index < -0.39 is 0 Å². The number of pyridine rings is 1. The van der Waals surface area contributed by atoms with Gasteiger partial charge in [-0.3, -0.25) is 5.10 Å². The summed E-state index contributed by atoms with van der Waals surface area (Å²) in [6, 6.07) is 10.6. The van der Waals surface area contributed by atoms with Gasteiger partial charge in [-0.25, -0.2) is 9.37 Å². The summed E-state index contributed by atoms with van der Waals surface area (Å²) in [6.07, 6.45) is 2.37. The van der Waals surface area contributed by atoms with Crippen LogP contribution in [0.25, 0.3) is 11.0 Å². The van der Waals surface area contributed by atoms with E-state index in [9.17, 15) is 4.39 Å². The van der Waals surface area contributed by atoms with Gasteiger partial charge < -0.3 is 10.6 Å². The molecule has 3 heterocycles. The summed E-state index contributed by atoms with van der Waals surface area (Å²) >= 11 is 0. The van der Waals surface area contributed by atoms with Gasteiger partial charge in [0, 0.05) is 24.7 Å². The summed E-state index contributed by atoms with van der Waals surface area (Å²) in [4.78, 5) is 4.74. The maximum Gasteiger partial charge on any atom is 0.157 e. The predicted octanol–water partition coefficient (Wildman–Crippen LogP) is 3.18. The van der Waals surface area contributed by atoms with Gasteiger partial charge in [0.25, 0.3) is 0 Å². The number of piperidine rings is 1. The van der Waals surface area contributed by atoms with E-state index in [2.05, 4.69) is 33.0 Å². The molecular formula is C18H20FN5. The van der Waals surface area contributed by atoms with E-state index in [1.165, 1.54) is 25.0 Å². The normalized spacial score (nSPS) is 18.0. The number of rotatable bonds is 4. The van der Waals surface area contributed by atoms with E-state index in [0.717, 1.165) is 41.2 Å². The minimum absolute atomic E-state index is 0.224. The number of nitrogens with zero attached hydrogens (tertiary/aromatic N) is 2. The lowest BCUT2D eigenvalue weighted by Crippen LogP contribution is -2.28. The van der Waals surface area contributed by atoms with Gasteiger partial charge in [0.05, 0.1) is 5.39 Å². The zero-order valence-corrected chi connectivity index (χ0v) is 13.3. The second-order valence-corrected chi connectivity index (χ2v) is 6.23. The highest BCUT2D eigenvalue weighted by atomic mass is 19.1. The van der Waals surface area contributed by atoms with E-state index in [0.29, 0.717) is 12.5 Å². The minimum atomic E-state index is -0.224. The summed E-state index contributed by atoms with van der Waals surface area (Å²) in [5.74, 6) is 1.02. The quantitative estimate of drug-likeness (QED) is 0.689. The summed E-state index contributed by atoms with van der Waals surface area (Å²) in [5.41, 5.74) is 2.92. The van der Waals surface area contributed by atoms with Crippen LogP contribution < -0.4 is 10.6 Å². The number of H-pyrrole nitrogens is 1. The molecule has 124 valence electrons. The summed E-state index contributed by atoms with van der Waals surface area (Å²) < 4.78 is 12.9. The van der Waals surface area contributed by atoms with Crippen LogP contribution in [-0.4, -0.2) is 28.3 Å². The lowest BCUT2D eigenvalue weighted by atomic mass is 9.95. The van der Waals surface area contributed by atoms with Crippen LogP contribution in [0.4, 0.5) is 10.2 Å². The molecule has 0 amide bonds. The Morgan fingerprint density at radius 2 is 2.04 bits per heavy atom. The number of hydrogen-bond donors (Lipinski definition) is 3. The molecule has 1 fully saturated rings. The summed E-state index contributed by atoms with van der Waals surface area (Å²) in [7, 11) is 0. The maximum absolute atomic E-state index is 12.9. The smallest absolute Gasteiger partial charge is 0.157 e. The fraction of sp³-hybridized carbons (Fsp3) is 0.333. The first-order valence-corrected chi connectivity index (χ1v) is 8.33. The average molecular weight is 325 g/mol. The first kappa shape index (κ1) is 15.1. The molecule has 1 atom stereocenters. The van der Waals surface area contributed by atoms with Crippen molar-refractivity contribution in [1.29, 1.82) is 0 Å². The molecule has 24 heavy (non-hydrogen) atoms. The lowest BCUT2D eigenvalue weighted by Gasteiger charge is -2.22. The first-order valence-electron chi connectivity index (χ1n) is 8.33. The van der Waals surface area contributed by atoms with E-state index in [4.69, 9.17) is 4.98 Å². The van der Waals surface area contributed by atoms with Crippen LogP contribution in [0, 0.1) is 5.82 Å². The van der Waals surface area contributed by atoms with Gasteiger partial charge >= 0.3 is 0 Å². The molecule has 1 saturated heterocycles. The zero-order valence-electron chi connectivity index (χ0n) is 13.3. The number of anilines is 1. The Morgan fingerprint density at radius 1 is 1.17 bits per heavy atom. The molecule has 1 aromatic carbocycles. The Kier molecular flexibility index (Phi) is 4.13. The number of hydrogen-bond acceptors (Lipinski definition) is 4. The molecular weight excluding hydrogens is 305 g/mol. The van der Waals surface area contributed by atoms with Crippen LogP contribution in [-0.2, 0) is 6.54 Å². The lowest BCUT2D eigenvalue weighted by molar-refractivity contribution is 0.455. The van der Waals surface area contributed by atoms with Gasteiger partial charge in [-0.1, -0.05) is 12.1 Å². The van der Waals surface area contributed by atoms with Crippen molar-refractivity contribution < 1.29 is 4.39 Å². The number of nitrogens with one attached hydrogen (secondary N) is 3.